The Hall–Kier alpha value is -2.55. The zero-order chi connectivity index (χ0) is 18.1. The van der Waals surface area contributed by atoms with Gasteiger partial charge in [0.25, 0.3) is 0 Å². The van der Waals surface area contributed by atoms with Gasteiger partial charge in [0.2, 0.25) is 5.91 Å². The molecule has 3 aliphatic rings. The van der Waals surface area contributed by atoms with E-state index < -0.39 is 0 Å². The number of hydrogen-bond acceptors (Lipinski definition) is 3. The highest BCUT2D eigenvalue weighted by Gasteiger charge is 2.45. The molecule has 6 nitrogen and oxygen atoms in total. The summed E-state index contributed by atoms with van der Waals surface area (Å²) in [5, 5.41) is 11.9. The molecule has 0 radical (unpaired) electrons. The van der Waals surface area contributed by atoms with Crippen LogP contribution in [0, 0.1) is 16.7 Å². The minimum atomic E-state index is -0.110. The van der Waals surface area contributed by atoms with Gasteiger partial charge in [-0.25, -0.2) is 4.79 Å². The fraction of sp³-hybridized carbons (Fsp3) is 0.550. The first-order chi connectivity index (χ1) is 12.6. The van der Waals surface area contributed by atoms with Crippen LogP contribution in [0.2, 0.25) is 0 Å². The largest absolute Gasteiger partial charge is 0.339 e. The maximum atomic E-state index is 12.5. The highest BCUT2D eigenvalue weighted by atomic mass is 16.2. The second-order valence-electron chi connectivity index (χ2n) is 7.86. The average Bonchev–Trinajstić information content (AvgIpc) is 3.50. The third kappa shape index (κ3) is 3.39. The van der Waals surface area contributed by atoms with Gasteiger partial charge in [0.1, 0.15) is 0 Å². The summed E-state index contributed by atoms with van der Waals surface area (Å²) >= 11 is 0. The number of anilines is 1. The summed E-state index contributed by atoms with van der Waals surface area (Å²) in [7, 11) is 0. The summed E-state index contributed by atoms with van der Waals surface area (Å²) in [4.78, 5) is 28.7. The molecular formula is C20H24N4O2. The van der Waals surface area contributed by atoms with Gasteiger partial charge in [-0.1, -0.05) is 6.07 Å². The van der Waals surface area contributed by atoms with Crippen LogP contribution in [0.5, 0.6) is 0 Å². The van der Waals surface area contributed by atoms with Crippen LogP contribution in [0.15, 0.2) is 24.3 Å². The van der Waals surface area contributed by atoms with Crippen LogP contribution in [-0.2, 0) is 4.79 Å². The van der Waals surface area contributed by atoms with Gasteiger partial charge in [-0.3, -0.25) is 4.79 Å². The number of nitriles is 1. The first-order valence-electron chi connectivity index (χ1n) is 9.44. The zero-order valence-corrected chi connectivity index (χ0v) is 14.9. The molecule has 0 bridgehead atoms. The Balaban J connectivity index is 1.35. The molecule has 4 rings (SSSR count). The molecule has 1 spiro atoms. The molecule has 3 amide bonds. The van der Waals surface area contributed by atoms with Gasteiger partial charge in [0.15, 0.2) is 0 Å². The third-order valence-corrected chi connectivity index (χ3v) is 6.04. The Morgan fingerprint density at radius 2 is 2.00 bits per heavy atom. The minimum absolute atomic E-state index is 0.110. The lowest BCUT2D eigenvalue weighted by Crippen LogP contribution is -2.53. The summed E-state index contributed by atoms with van der Waals surface area (Å²) in [5.41, 5.74) is 1.37. The van der Waals surface area contributed by atoms with Crippen LogP contribution in [-0.4, -0.2) is 47.4 Å². The van der Waals surface area contributed by atoms with Crippen molar-refractivity contribution >= 4 is 17.6 Å². The number of benzene rings is 1. The minimum Gasteiger partial charge on any atom is -0.339 e. The molecule has 6 heteroatoms. The Bertz CT molecular complexity index is 757. The zero-order valence-electron chi connectivity index (χ0n) is 14.9. The summed E-state index contributed by atoms with van der Waals surface area (Å²) < 4.78 is 0. The van der Waals surface area contributed by atoms with E-state index in [1.54, 1.807) is 24.3 Å². The fourth-order valence-corrected chi connectivity index (χ4v) is 4.22. The van der Waals surface area contributed by atoms with Gasteiger partial charge in [-0.2, -0.15) is 5.26 Å². The standard InChI is InChI=1S/C20H24N4O2/c21-13-15-2-1-3-16(12-15)22-19(26)23-10-8-20(9-11-23)7-6-18(25)24(14-20)17-4-5-17/h1-3,12,17H,4-11,14H2,(H,22,26). The summed E-state index contributed by atoms with van der Waals surface area (Å²) in [6, 6.07) is 9.42. The first-order valence-corrected chi connectivity index (χ1v) is 9.44. The quantitative estimate of drug-likeness (QED) is 0.889. The van der Waals surface area contributed by atoms with E-state index in [1.807, 2.05) is 4.90 Å². The Kier molecular flexibility index (Phi) is 4.31. The first kappa shape index (κ1) is 16.9. The van der Waals surface area contributed by atoms with Crippen LogP contribution in [0.25, 0.3) is 0 Å². The van der Waals surface area contributed by atoms with Crippen LogP contribution >= 0.6 is 0 Å². The van der Waals surface area contributed by atoms with E-state index in [9.17, 15) is 9.59 Å². The maximum absolute atomic E-state index is 12.5. The van der Waals surface area contributed by atoms with Crippen molar-refractivity contribution in [2.45, 2.75) is 44.6 Å². The normalized spacial score (nSPS) is 22.2. The van der Waals surface area contributed by atoms with Gasteiger partial charge < -0.3 is 15.1 Å². The third-order valence-electron chi connectivity index (χ3n) is 6.04. The van der Waals surface area contributed by atoms with Crippen molar-refractivity contribution in [3.8, 4) is 6.07 Å². The highest BCUT2D eigenvalue weighted by molar-refractivity contribution is 5.89. The predicted molar refractivity (Wildman–Crippen MR) is 97.4 cm³/mol. The van der Waals surface area contributed by atoms with E-state index in [4.69, 9.17) is 5.26 Å². The Labute approximate surface area is 153 Å². The van der Waals surface area contributed by atoms with Crippen molar-refractivity contribution in [3.05, 3.63) is 29.8 Å². The van der Waals surface area contributed by atoms with Crippen molar-refractivity contribution < 1.29 is 9.59 Å². The molecule has 2 aliphatic heterocycles. The molecule has 0 atom stereocenters. The number of likely N-dealkylation sites (tertiary alicyclic amines) is 2. The van der Waals surface area contributed by atoms with Gasteiger partial charge in [-0.15, -0.1) is 0 Å². The lowest BCUT2D eigenvalue weighted by molar-refractivity contribution is -0.139. The van der Waals surface area contributed by atoms with Gasteiger partial charge in [0.05, 0.1) is 11.6 Å². The van der Waals surface area contributed by atoms with E-state index in [1.165, 1.54) is 0 Å². The number of rotatable bonds is 2. The fourth-order valence-electron chi connectivity index (χ4n) is 4.22. The van der Waals surface area contributed by atoms with Gasteiger partial charge in [-0.05, 0) is 55.7 Å². The maximum Gasteiger partial charge on any atom is 0.321 e. The number of amides is 3. The van der Waals surface area contributed by atoms with Crippen molar-refractivity contribution in [1.82, 2.24) is 9.80 Å². The molecule has 2 saturated heterocycles. The molecule has 136 valence electrons. The monoisotopic (exact) mass is 352 g/mol. The summed E-state index contributed by atoms with van der Waals surface area (Å²) in [6.07, 6.45) is 5.82. The average molecular weight is 352 g/mol. The topological polar surface area (TPSA) is 76.4 Å². The Morgan fingerprint density at radius 3 is 2.69 bits per heavy atom. The van der Waals surface area contributed by atoms with Crippen LogP contribution in [0.3, 0.4) is 0 Å². The van der Waals surface area contributed by atoms with E-state index in [0.717, 1.165) is 51.7 Å². The lowest BCUT2D eigenvalue weighted by atomic mass is 9.72. The van der Waals surface area contributed by atoms with Crippen LogP contribution < -0.4 is 5.32 Å². The number of nitrogens with zero attached hydrogens (tertiary/aromatic N) is 3. The molecule has 0 unspecified atom stereocenters. The van der Waals surface area contributed by atoms with Crippen molar-refractivity contribution in [1.29, 1.82) is 5.26 Å². The molecule has 2 heterocycles. The van der Waals surface area contributed by atoms with E-state index >= 15 is 0 Å². The van der Waals surface area contributed by atoms with E-state index in [0.29, 0.717) is 29.6 Å². The SMILES string of the molecule is N#Cc1cccc(NC(=O)N2CCC3(CCC(=O)N(C4CC4)C3)CC2)c1. The molecule has 3 fully saturated rings. The van der Waals surface area contributed by atoms with Crippen molar-refractivity contribution in [2.24, 2.45) is 5.41 Å². The predicted octanol–water partition coefficient (Wildman–Crippen LogP) is 2.96. The number of nitrogens with one attached hydrogen (secondary N) is 1. The number of carbonyl (C=O) groups is 2. The smallest absolute Gasteiger partial charge is 0.321 e. The van der Waals surface area contributed by atoms with Gasteiger partial charge >= 0.3 is 6.03 Å². The molecule has 0 aromatic heterocycles. The molecule has 1 aromatic carbocycles. The van der Waals surface area contributed by atoms with Crippen molar-refractivity contribution in [3.63, 3.8) is 0 Å². The number of urea groups is 1. The number of carbonyl (C=O) groups excluding carboxylic acids is 2. The molecule has 1 saturated carbocycles. The second-order valence-corrected chi connectivity index (χ2v) is 7.86. The highest BCUT2D eigenvalue weighted by Crippen LogP contribution is 2.43. The molecule has 26 heavy (non-hydrogen) atoms. The summed E-state index contributed by atoms with van der Waals surface area (Å²) in [5.74, 6) is 0.315. The second kappa shape index (κ2) is 6.64. The van der Waals surface area contributed by atoms with Crippen molar-refractivity contribution in [2.75, 3.05) is 25.0 Å². The van der Waals surface area contributed by atoms with E-state index in [-0.39, 0.29) is 11.4 Å². The Morgan fingerprint density at radius 1 is 1.23 bits per heavy atom. The summed E-state index contributed by atoms with van der Waals surface area (Å²) in [6.45, 7) is 2.31. The number of piperidine rings is 2. The molecule has 1 N–H and O–H groups in total. The van der Waals surface area contributed by atoms with Gasteiger partial charge in [0, 0.05) is 37.8 Å². The molecule has 1 aromatic rings. The van der Waals surface area contributed by atoms with Crippen LogP contribution in [0.4, 0.5) is 10.5 Å². The van der Waals surface area contributed by atoms with Crippen LogP contribution in [0.1, 0.15) is 44.1 Å². The lowest BCUT2D eigenvalue weighted by Gasteiger charge is -2.47. The molecular weight excluding hydrogens is 328 g/mol. The molecule has 1 aliphatic carbocycles. The number of hydrogen-bond donors (Lipinski definition) is 1. The van der Waals surface area contributed by atoms with E-state index in [2.05, 4.69) is 16.3 Å².